The van der Waals surface area contributed by atoms with Crippen LogP contribution in [0.5, 0.6) is 0 Å². The number of nitrogens with zero attached hydrogens (tertiary/aromatic N) is 1. The molecule has 1 heterocycles. The molecule has 0 saturated heterocycles. The Kier molecular flexibility index (Phi) is 20.5. The van der Waals surface area contributed by atoms with Crippen LogP contribution < -0.4 is 5.32 Å². The molecule has 0 spiro atoms. The molecule has 1 rings (SSSR count). The van der Waals surface area contributed by atoms with Crippen molar-refractivity contribution in [1.29, 1.82) is 0 Å². The summed E-state index contributed by atoms with van der Waals surface area (Å²) in [6, 6.07) is 0. The Balaban J connectivity index is 1.96. The average molecular weight is 521 g/mol. The Morgan fingerprint density at radius 1 is 0.838 bits per heavy atom. The number of carbonyl (C=O) groups is 2. The van der Waals surface area contributed by atoms with Gasteiger partial charge in [-0.25, -0.2) is 0 Å². The number of amides is 1. The molecule has 0 aliphatic carbocycles. The van der Waals surface area contributed by atoms with Crippen LogP contribution in [0.3, 0.4) is 0 Å². The van der Waals surface area contributed by atoms with Crippen molar-refractivity contribution in [3.8, 4) is 0 Å². The van der Waals surface area contributed by atoms with Gasteiger partial charge in [0.15, 0.2) is 0 Å². The second-order valence-corrected chi connectivity index (χ2v) is 11.4. The van der Waals surface area contributed by atoms with Crippen LogP contribution >= 0.6 is 0 Å². The number of hydrogen-bond donors (Lipinski definition) is 1. The lowest BCUT2D eigenvalue weighted by Gasteiger charge is -2.33. The van der Waals surface area contributed by atoms with Crippen LogP contribution in [0.4, 0.5) is 0 Å². The zero-order valence-corrected chi connectivity index (χ0v) is 24.8. The van der Waals surface area contributed by atoms with E-state index in [-0.39, 0.29) is 11.9 Å². The number of hydrogen-bond acceptors (Lipinski definition) is 4. The maximum Gasteiger partial charge on any atom is 0.306 e. The normalized spacial score (nSPS) is 18.7. The van der Waals surface area contributed by atoms with Gasteiger partial charge in [0.1, 0.15) is 11.5 Å². The van der Waals surface area contributed by atoms with Gasteiger partial charge in [-0.15, -0.1) is 0 Å². The van der Waals surface area contributed by atoms with Crippen LogP contribution in [0.15, 0.2) is 4.99 Å². The van der Waals surface area contributed by atoms with E-state index in [4.69, 9.17) is 4.74 Å². The number of ether oxygens (including phenoxy) is 1. The number of nitrogens with one attached hydrogen (secondary N) is 1. The molecule has 216 valence electrons. The van der Waals surface area contributed by atoms with E-state index in [1.165, 1.54) is 109 Å². The molecule has 2 unspecified atom stereocenters. The average Bonchev–Trinajstić information content (AvgIpc) is 2.89. The summed E-state index contributed by atoms with van der Waals surface area (Å²) in [6.07, 6.45) is 28.6. The van der Waals surface area contributed by atoms with E-state index < -0.39 is 11.5 Å². The molecule has 1 aliphatic heterocycles. The third-order valence-corrected chi connectivity index (χ3v) is 7.90. The minimum absolute atomic E-state index is 0.0981. The molecular weight excluding hydrogens is 460 g/mol. The summed E-state index contributed by atoms with van der Waals surface area (Å²) in [6.45, 7) is 7.39. The van der Waals surface area contributed by atoms with Gasteiger partial charge in [-0.2, -0.15) is 0 Å². The highest BCUT2D eigenvalue weighted by Gasteiger charge is 2.42. The van der Waals surface area contributed by atoms with E-state index >= 15 is 0 Å². The summed E-state index contributed by atoms with van der Waals surface area (Å²) < 4.78 is 5.75. The Hall–Kier alpha value is -1.39. The number of carbonyl (C=O) groups excluding carboxylic acids is 2. The van der Waals surface area contributed by atoms with Crippen LogP contribution in [0.1, 0.15) is 162 Å². The molecular formula is C32H60N2O3. The van der Waals surface area contributed by atoms with Gasteiger partial charge in [-0.1, -0.05) is 129 Å². The number of aliphatic imine (C=N–C) groups is 1. The fourth-order valence-corrected chi connectivity index (χ4v) is 5.30. The van der Waals surface area contributed by atoms with Gasteiger partial charge in [0.05, 0.1) is 0 Å². The predicted molar refractivity (Wildman–Crippen MR) is 157 cm³/mol. The molecule has 1 aliphatic rings. The molecule has 5 nitrogen and oxygen atoms in total. The van der Waals surface area contributed by atoms with Crippen molar-refractivity contribution in [2.75, 3.05) is 13.1 Å². The van der Waals surface area contributed by atoms with Gasteiger partial charge in [-0.05, 0) is 26.2 Å². The van der Waals surface area contributed by atoms with E-state index in [0.29, 0.717) is 25.9 Å². The Morgan fingerprint density at radius 2 is 1.30 bits per heavy atom. The third kappa shape index (κ3) is 16.2. The molecule has 1 N–H and O–H groups in total. The SMILES string of the molecule is CCCCCCCCCCCCCCCCCCCCCC(=O)OC(CC)C1(C)C=NCCCNC1=O. The van der Waals surface area contributed by atoms with Crippen LogP contribution in [0, 0.1) is 5.41 Å². The first-order valence-electron chi connectivity index (χ1n) is 16.0. The van der Waals surface area contributed by atoms with Crippen molar-refractivity contribution in [3.05, 3.63) is 0 Å². The van der Waals surface area contributed by atoms with Crippen molar-refractivity contribution >= 4 is 18.1 Å². The number of unbranched alkanes of at least 4 members (excludes halogenated alkanes) is 18. The standard InChI is InChI=1S/C32H60N2O3/c1-4-6-7-8-9-10-11-12-13-14-15-16-17-18-19-20-21-22-23-25-30(35)37-29(5-2)32(3)28-33-26-24-27-34-31(32)36/h28-29H,4-27H2,1-3H3,(H,34,36). The molecule has 0 aromatic heterocycles. The molecule has 0 aromatic rings. The van der Waals surface area contributed by atoms with Gasteiger partial charge in [0.25, 0.3) is 0 Å². The van der Waals surface area contributed by atoms with Gasteiger partial charge >= 0.3 is 5.97 Å². The first-order chi connectivity index (χ1) is 18.0. The first kappa shape index (κ1) is 33.6. The summed E-state index contributed by atoms with van der Waals surface area (Å²) in [5, 5.41) is 2.95. The van der Waals surface area contributed by atoms with E-state index in [9.17, 15) is 9.59 Å². The lowest BCUT2D eigenvalue weighted by molar-refractivity contribution is -0.156. The van der Waals surface area contributed by atoms with Crippen LogP contribution in [0.25, 0.3) is 0 Å². The minimum Gasteiger partial charge on any atom is -0.461 e. The zero-order valence-electron chi connectivity index (χ0n) is 24.8. The van der Waals surface area contributed by atoms with Gasteiger partial charge in [0, 0.05) is 25.7 Å². The van der Waals surface area contributed by atoms with Crippen LogP contribution in [-0.4, -0.2) is 37.3 Å². The molecule has 0 saturated carbocycles. The molecule has 0 radical (unpaired) electrons. The van der Waals surface area contributed by atoms with Crippen molar-refractivity contribution in [1.82, 2.24) is 5.32 Å². The van der Waals surface area contributed by atoms with Gasteiger partial charge < -0.3 is 10.1 Å². The van der Waals surface area contributed by atoms with Crippen LogP contribution in [-0.2, 0) is 14.3 Å². The fraction of sp³-hybridized carbons (Fsp3) is 0.906. The molecule has 0 bridgehead atoms. The molecule has 1 amide bonds. The quantitative estimate of drug-likeness (QED) is 0.108. The highest BCUT2D eigenvalue weighted by molar-refractivity contribution is 5.99. The highest BCUT2D eigenvalue weighted by Crippen LogP contribution is 2.27. The van der Waals surface area contributed by atoms with Crippen molar-refractivity contribution in [2.45, 2.75) is 168 Å². The van der Waals surface area contributed by atoms with Crippen LogP contribution in [0.2, 0.25) is 0 Å². The van der Waals surface area contributed by atoms with Gasteiger partial charge in [-0.3, -0.25) is 14.6 Å². The predicted octanol–water partition coefficient (Wildman–Crippen LogP) is 8.73. The maximum atomic E-state index is 12.6. The van der Waals surface area contributed by atoms with Crippen molar-refractivity contribution in [2.24, 2.45) is 10.4 Å². The lowest BCUT2D eigenvalue weighted by atomic mass is 9.82. The second kappa shape index (κ2) is 22.6. The monoisotopic (exact) mass is 520 g/mol. The fourth-order valence-electron chi connectivity index (χ4n) is 5.30. The smallest absolute Gasteiger partial charge is 0.306 e. The van der Waals surface area contributed by atoms with Gasteiger partial charge in [0.2, 0.25) is 5.91 Å². The number of rotatable bonds is 23. The van der Waals surface area contributed by atoms with Crippen molar-refractivity contribution in [3.63, 3.8) is 0 Å². The van der Waals surface area contributed by atoms with Crippen molar-refractivity contribution < 1.29 is 14.3 Å². The summed E-state index contributed by atoms with van der Waals surface area (Å²) in [4.78, 5) is 29.4. The second-order valence-electron chi connectivity index (χ2n) is 11.4. The Bertz CT molecular complexity index is 607. The highest BCUT2D eigenvalue weighted by atomic mass is 16.5. The zero-order chi connectivity index (χ0) is 27.0. The Morgan fingerprint density at radius 3 is 1.76 bits per heavy atom. The molecule has 5 heteroatoms. The lowest BCUT2D eigenvalue weighted by Crippen LogP contribution is -2.50. The minimum atomic E-state index is -0.890. The summed E-state index contributed by atoms with van der Waals surface area (Å²) in [5.74, 6) is -0.289. The van der Waals surface area contributed by atoms with E-state index in [0.717, 1.165) is 19.3 Å². The largest absolute Gasteiger partial charge is 0.461 e. The molecule has 37 heavy (non-hydrogen) atoms. The van der Waals surface area contributed by atoms with E-state index in [2.05, 4.69) is 17.2 Å². The van der Waals surface area contributed by atoms with E-state index in [1.807, 2.05) is 13.8 Å². The maximum absolute atomic E-state index is 12.6. The molecule has 0 aromatic carbocycles. The molecule has 0 fully saturated rings. The topological polar surface area (TPSA) is 67.8 Å². The summed E-state index contributed by atoms with van der Waals surface area (Å²) in [7, 11) is 0. The Labute approximate surface area is 229 Å². The first-order valence-corrected chi connectivity index (χ1v) is 16.0. The number of esters is 1. The summed E-state index contributed by atoms with van der Waals surface area (Å²) in [5.41, 5.74) is -0.890. The molecule has 2 atom stereocenters. The third-order valence-electron chi connectivity index (χ3n) is 7.90. The summed E-state index contributed by atoms with van der Waals surface area (Å²) >= 11 is 0. The van der Waals surface area contributed by atoms with E-state index in [1.54, 1.807) is 6.21 Å².